The topological polar surface area (TPSA) is 191 Å². The number of carboxylic acid groups (broad SMARTS) is 1. The number of aliphatic hydroxyl groups is 2. The molecule has 144 valence electrons. The molecular weight excluding hydrogens is 336 g/mol. The zero-order valence-electron chi connectivity index (χ0n) is 14.4. The van der Waals surface area contributed by atoms with E-state index in [1.807, 2.05) is 0 Å². The van der Waals surface area contributed by atoms with Crippen molar-refractivity contribution in [3.8, 4) is 0 Å². The van der Waals surface area contributed by atoms with Gasteiger partial charge in [-0.1, -0.05) is 13.8 Å². The van der Waals surface area contributed by atoms with Gasteiger partial charge in [0, 0.05) is 0 Å². The minimum absolute atomic E-state index is 0.389. The molecule has 0 radical (unpaired) electrons. The Morgan fingerprint density at radius 1 is 0.880 bits per heavy atom. The van der Waals surface area contributed by atoms with Crippen LogP contribution in [0.2, 0.25) is 0 Å². The molecule has 11 heteroatoms. The summed E-state index contributed by atoms with van der Waals surface area (Å²) < 4.78 is 0. The molecule has 8 N–H and O–H groups in total. The molecule has 0 aromatic heterocycles. The summed E-state index contributed by atoms with van der Waals surface area (Å²) in [5.41, 5.74) is 5.31. The first-order chi connectivity index (χ1) is 11.5. The van der Waals surface area contributed by atoms with Crippen molar-refractivity contribution in [2.45, 2.75) is 44.9 Å². The Kier molecular flexibility index (Phi) is 9.64. The fourth-order valence-corrected chi connectivity index (χ4v) is 1.71. The highest BCUT2D eigenvalue weighted by molar-refractivity contribution is 5.94. The Bertz CT molecular complexity index is 498. The molecule has 0 saturated heterocycles. The summed E-state index contributed by atoms with van der Waals surface area (Å²) in [6.07, 6.45) is 0. The minimum atomic E-state index is -1.38. The van der Waals surface area contributed by atoms with Crippen LogP contribution in [0.3, 0.4) is 0 Å². The van der Waals surface area contributed by atoms with Crippen LogP contribution in [0.15, 0.2) is 0 Å². The van der Waals surface area contributed by atoms with E-state index in [9.17, 15) is 24.3 Å². The first-order valence-corrected chi connectivity index (χ1v) is 7.66. The molecular formula is C14H26N4O7. The summed E-state index contributed by atoms with van der Waals surface area (Å²) in [6.45, 7) is 3.13. The Balaban J connectivity index is 4.99. The number of aliphatic hydroxyl groups excluding tert-OH is 2. The van der Waals surface area contributed by atoms with Crippen molar-refractivity contribution < 1.29 is 34.5 Å². The number of nitrogens with two attached hydrogens (primary N) is 1. The van der Waals surface area contributed by atoms with Crippen LogP contribution in [0.1, 0.15) is 20.8 Å². The van der Waals surface area contributed by atoms with Gasteiger partial charge in [0.1, 0.15) is 24.2 Å². The van der Waals surface area contributed by atoms with Gasteiger partial charge in [-0.15, -0.1) is 0 Å². The molecule has 11 nitrogen and oxygen atoms in total. The Hall–Kier alpha value is -2.24. The molecule has 0 aliphatic heterocycles. The first kappa shape index (κ1) is 22.8. The van der Waals surface area contributed by atoms with Gasteiger partial charge in [0.05, 0.1) is 13.2 Å². The number of nitrogens with one attached hydrogen (secondary N) is 3. The molecule has 0 aliphatic rings. The van der Waals surface area contributed by atoms with Crippen LogP contribution in [0.4, 0.5) is 0 Å². The number of hydrogen-bond acceptors (Lipinski definition) is 7. The van der Waals surface area contributed by atoms with Crippen LogP contribution in [-0.4, -0.2) is 76.4 Å². The van der Waals surface area contributed by atoms with Gasteiger partial charge in [-0.05, 0) is 12.8 Å². The lowest BCUT2D eigenvalue weighted by Gasteiger charge is -2.25. The molecule has 25 heavy (non-hydrogen) atoms. The van der Waals surface area contributed by atoms with Crippen molar-refractivity contribution in [1.82, 2.24) is 16.0 Å². The lowest BCUT2D eigenvalue weighted by atomic mass is 10.0. The Morgan fingerprint density at radius 2 is 1.44 bits per heavy atom. The van der Waals surface area contributed by atoms with E-state index in [0.29, 0.717) is 0 Å². The van der Waals surface area contributed by atoms with Gasteiger partial charge in [-0.25, -0.2) is 0 Å². The standard InChI is InChI=1S/C14H26N4O7/c1-6(2)10(13(23)16-7(3)14(24)25)18-12(22)9(5-20)17-11(21)8(15)4-19/h6-10,19-20H,4-5,15H2,1-3H3,(H,16,23)(H,17,21)(H,18,22)(H,24,25). The highest BCUT2D eigenvalue weighted by Gasteiger charge is 2.30. The Morgan fingerprint density at radius 3 is 1.84 bits per heavy atom. The van der Waals surface area contributed by atoms with E-state index >= 15 is 0 Å². The quantitative estimate of drug-likeness (QED) is 0.208. The number of carbonyl (C=O) groups excluding carboxylic acids is 3. The zero-order chi connectivity index (χ0) is 19.7. The third-order valence-corrected chi connectivity index (χ3v) is 3.33. The third kappa shape index (κ3) is 7.45. The SMILES string of the molecule is CC(NC(=O)C(NC(=O)C(CO)NC(=O)C(N)CO)C(C)C)C(=O)O. The summed E-state index contributed by atoms with van der Waals surface area (Å²) in [5.74, 6) is -4.03. The van der Waals surface area contributed by atoms with Gasteiger partial charge in [-0.2, -0.15) is 0 Å². The number of amides is 3. The van der Waals surface area contributed by atoms with Gasteiger partial charge in [0.25, 0.3) is 0 Å². The van der Waals surface area contributed by atoms with Gasteiger partial charge in [-0.3, -0.25) is 19.2 Å². The van der Waals surface area contributed by atoms with Crippen molar-refractivity contribution in [3.63, 3.8) is 0 Å². The predicted octanol–water partition coefficient (Wildman–Crippen LogP) is -3.49. The molecule has 0 aromatic rings. The van der Waals surface area contributed by atoms with Crippen molar-refractivity contribution in [3.05, 3.63) is 0 Å². The lowest BCUT2D eigenvalue weighted by molar-refractivity contribution is -0.142. The molecule has 0 rings (SSSR count). The molecule has 4 unspecified atom stereocenters. The van der Waals surface area contributed by atoms with E-state index in [2.05, 4.69) is 16.0 Å². The normalized spacial score (nSPS) is 15.6. The second kappa shape index (κ2) is 10.6. The van der Waals surface area contributed by atoms with Gasteiger partial charge >= 0.3 is 5.97 Å². The van der Waals surface area contributed by atoms with Gasteiger partial charge in [0.15, 0.2) is 0 Å². The maximum atomic E-state index is 12.2. The first-order valence-electron chi connectivity index (χ1n) is 7.66. The molecule has 0 spiro atoms. The molecule has 0 aromatic carbocycles. The average Bonchev–Trinajstić information content (AvgIpc) is 2.55. The molecule has 0 bridgehead atoms. The predicted molar refractivity (Wildman–Crippen MR) is 86.1 cm³/mol. The van der Waals surface area contributed by atoms with Crippen molar-refractivity contribution >= 4 is 23.7 Å². The number of rotatable bonds is 10. The third-order valence-electron chi connectivity index (χ3n) is 3.33. The smallest absolute Gasteiger partial charge is 0.325 e. The highest BCUT2D eigenvalue weighted by Crippen LogP contribution is 2.03. The number of aliphatic carboxylic acids is 1. The summed E-state index contributed by atoms with van der Waals surface area (Å²) in [6, 6.07) is -4.87. The molecule has 0 heterocycles. The number of carbonyl (C=O) groups is 4. The van der Waals surface area contributed by atoms with Crippen LogP contribution < -0.4 is 21.7 Å². The van der Waals surface area contributed by atoms with Crippen LogP contribution in [0.25, 0.3) is 0 Å². The van der Waals surface area contributed by atoms with Gasteiger partial charge in [0.2, 0.25) is 17.7 Å². The average molecular weight is 362 g/mol. The molecule has 0 aliphatic carbocycles. The van der Waals surface area contributed by atoms with E-state index in [1.165, 1.54) is 6.92 Å². The number of carboxylic acids is 1. The summed E-state index contributed by atoms with van der Waals surface area (Å²) in [4.78, 5) is 46.7. The minimum Gasteiger partial charge on any atom is -0.480 e. The molecule has 4 atom stereocenters. The summed E-state index contributed by atoms with van der Waals surface area (Å²) in [7, 11) is 0. The maximum absolute atomic E-state index is 12.2. The summed E-state index contributed by atoms with van der Waals surface area (Å²) in [5, 5.41) is 33.6. The van der Waals surface area contributed by atoms with E-state index in [4.69, 9.17) is 15.9 Å². The largest absolute Gasteiger partial charge is 0.480 e. The second-order valence-corrected chi connectivity index (χ2v) is 5.83. The van der Waals surface area contributed by atoms with Crippen molar-refractivity contribution in [2.75, 3.05) is 13.2 Å². The van der Waals surface area contributed by atoms with E-state index in [1.54, 1.807) is 13.8 Å². The lowest BCUT2D eigenvalue weighted by Crippen LogP contribution is -2.59. The Labute approximate surface area is 145 Å². The zero-order valence-corrected chi connectivity index (χ0v) is 14.4. The molecule has 0 fully saturated rings. The van der Waals surface area contributed by atoms with Crippen LogP contribution in [-0.2, 0) is 19.2 Å². The van der Waals surface area contributed by atoms with Crippen LogP contribution in [0, 0.1) is 5.92 Å². The van der Waals surface area contributed by atoms with Crippen molar-refractivity contribution in [2.24, 2.45) is 11.7 Å². The van der Waals surface area contributed by atoms with E-state index in [0.717, 1.165) is 0 Å². The van der Waals surface area contributed by atoms with Crippen molar-refractivity contribution in [1.29, 1.82) is 0 Å². The van der Waals surface area contributed by atoms with Gasteiger partial charge < -0.3 is 37.0 Å². The second-order valence-electron chi connectivity index (χ2n) is 5.83. The molecule has 0 saturated carbocycles. The van der Waals surface area contributed by atoms with E-state index < -0.39 is 61.1 Å². The molecule has 3 amide bonds. The highest BCUT2D eigenvalue weighted by atomic mass is 16.4. The maximum Gasteiger partial charge on any atom is 0.325 e. The monoisotopic (exact) mass is 362 g/mol. The van der Waals surface area contributed by atoms with Crippen LogP contribution in [0.5, 0.6) is 0 Å². The summed E-state index contributed by atoms with van der Waals surface area (Å²) >= 11 is 0. The van der Waals surface area contributed by atoms with Crippen LogP contribution >= 0.6 is 0 Å². The number of hydrogen-bond donors (Lipinski definition) is 7. The fraction of sp³-hybridized carbons (Fsp3) is 0.714. The van der Waals surface area contributed by atoms with E-state index in [-0.39, 0.29) is 5.92 Å². The fourth-order valence-electron chi connectivity index (χ4n) is 1.71.